The molecule has 0 aromatic heterocycles. The molecule has 0 radical (unpaired) electrons. The van der Waals surface area contributed by atoms with E-state index in [2.05, 4.69) is 17.0 Å². The Kier molecular flexibility index (Phi) is 44.3. The summed E-state index contributed by atoms with van der Waals surface area (Å²) < 4.78 is 64.9. The fraction of sp³-hybridized carbons (Fsp3) is 0.944. The summed E-state index contributed by atoms with van der Waals surface area (Å²) in [4.78, 5) is 21.7. The zero-order chi connectivity index (χ0) is 37.7. The van der Waals surface area contributed by atoms with Gasteiger partial charge in [0.2, 0.25) is 5.91 Å². The van der Waals surface area contributed by atoms with Crippen molar-refractivity contribution in [2.45, 2.75) is 58.3 Å². The summed E-state index contributed by atoms with van der Waals surface area (Å²) in [6, 6.07) is 0. The lowest BCUT2D eigenvalue weighted by Gasteiger charge is -2.09. The van der Waals surface area contributed by atoms with Gasteiger partial charge in [0, 0.05) is 13.2 Å². The highest BCUT2D eigenvalue weighted by Crippen LogP contribution is 2.08. The highest BCUT2D eigenvalue weighted by Gasteiger charge is 2.03. The van der Waals surface area contributed by atoms with Crippen molar-refractivity contribution >= 4 is 11.9 Å². The van der Waals surface area contributed by atoms with Gasteiger partial charge in [-0.25, -0.2) is 4.79 Å². The van der Waals surface area contributed by atoms with Crippen molar-refractivity contribution in [3.8, 4) is 0 Å². The Morgan fingerprint density at radius 1 is 0.365 bits per heavy atom. The molecule has 310 valence electrons. The highest BCUT2D eigenvalue weighted by atomic mass is 16.6. The third-order valence-electron chi connectivity index (χ3n) is 6.89. The number of carboxylic acids is 1. The van der Waals surface area contributed by atoms with Crippen LogP contribution in [-0.4, -0.2) is 182 Å². The minimum absolute atomic E-state index is 0.300. The highest BCUT2D eigenvalue weighted by molar-refractivity contribution is 5.77. The number of carboxylic acid groups (broad SMARTS) is 1. The van der Waals surface area contributed by atoms with Gasteiger partial charge in [-0.05, 0) is 6.42 Å². The van der Waals surface area contributed by atoms with E-state index in [1.54, 1.807) is 0 Å². The van der Waals surface area contributed by atoms with Gasteiger partial charge in [-0.15, -0.1) is 0 Å². The molecule has 0 aromatic carbocycles. The number of nitrogens with one attached hydrogen (secondary N) is 1. The van der Waals surface area contributed by atoms with Gasteiger partial charge in [0.05, 0.1) is 139 Å². The van der Waals surface area contributed by atoms with Crippen molar-refractivity contribution in [3.63, 3.8) is 0 Å². The lowest BCUT2D eigenvalue weighted by Crippen LogP contribution is -2.31. The van der Waals surface area contributed by atoms with Crippen LogP contribution in [0.3, 0.4) is 0 Å². The monoisotopic (exact) mass is 757 g/mol. The van der Waals surface area contributed by atoms with E-state index in [1.807, 2.05) is 0 Å². The van der Waals surface area contributed by atoms with E-state index < -0.39 is 18.5 Å². The molecule has 0 aliphatic heterocycles. The summed E-state index contributed by atoms with van der Waals surface area (Å²) in [5.74, 6) is -1.52. The molecule has 0 unspecified atom stereocenters. The standard InChI is InChI=1S/C36H71NO15/c1-2-3-4-5-6-7-8-9-11-41-13-15-43-17-19-45-21-23-47-25-27-49-29-31-51-32-30-50-28-26-48-24-22-46-20-18-44-16-14-42-12-10-37-35(38)33-52-34-36(39)40/h2-34H2,1H3,(H,37,38)(H,39,40). The zero-order valence-corrected chi connectivity index (χ0v) is 32.0. The molecule has 0 fully saturated rings. The molecule has 0 aliphatic rings. The molecule has 0 saturated heterocycles. The number of amides is 1. The maximum absolute atomic E-state index is 11.4. The largest absolute Gasteiger partial charge is 0.480 e. The van der Waals surface area contributed by atoms with E-state index in [1.165, 1.54) is 44.9 Å². The minimum Gasteiger partial charge on any atom is -0.480 e. The van der Waals surface area contributed by atoms with Gasteiger partial charge in [-0.2, -0.15) is 0 Å². The van der Waals surface area contributed by atoms with Crippen LogP contribution >= 0.6 is 0 Å². The van der Waals surface area contributed by atoms with Crippen LogP contribution in [0.25, 0.3) is 0 Å². The van der Waals surface area contributed by atoms with Gasteiger partial charge in [-0.1, -0.05) is 51.9 Å². The third kappa shape index (κ3) is 46.5. The predicted octanol–water partition coefficient (Wildman–Crippen LogP) is 2.53. The van der Waals surface area contributed by atoms with E-state index in [0.29, 0.717) is 145 Å². The van der Waals surface area contributed by atoms with Gasteiger partial charge in [-0.3, -0.25) is 4.79 Å². The first-order valence-corrected chi connectivity index (χ1v) is 19.1. The van der Waals surface area contributed by atoms with Crippen molar-refractivity contribution < 1.29 is 71.5 Å². The minimum atomic E-state index is -1.12. The van der Waals surface area contributed by atoms with Crippen molar-refractivity contribution in [1.82, 2.24) is 5.32 Å². The number of ether oxygens (including phenoxy) is 12. The second kappa shape index (κ2) is 45.6. The second-order valence-corrected chi connectivity index (χ2v) is 11.4. The van der Waals surface area contributed by atoms with E-state index in [9.17, 15) is 9.59 Å². The summed E-state index contributed by atoms with van der Waals surface area (Å²) in [6.45, 7) is 12.8. The van der Waals surface area contributed by atoms with E-state index in [4.69, 9.17) is 57.2 Å². The molecule has 0 aromatic rings. The first-order valence-electron chi connectivity index (χ1n) is 19.1. The van der Waals surface area contributed by atoms with E-state index >= 15 is 0 Å². The first kappa shape index (κ1) is 50.5. The molecular formula is C36H71NO15. The zero-order valence-electron chi connectivity index (χ0n) is 32.0. The van der Waals surface area contributed by atoms with E-state index in [-0.39, 0.29) is 6.61 Å². The molecule has 2 N–H and O–H groups in total. The van der Waals surface area contributed by atoms with Crippen LogP contribution in [0, 0.1) is 0 Å². The van der Waals surface area contributed by atoms with Gasteiger partial charge in [0.1, 0.15) is 13.2 Å². The van der Waals surface area contributed by atoms with Gasteiger partial charge in [0.25, 0.3) is 0 Å². The van der Waals surface area contributed by atoms with Crippen molar-refractivity contribution in [3.05, 3.63) is 0 Å². The fourth-order valence-electron chi connectivity index (χ4n) is 4.18. The number of aliphatic carboxylic acids is 1. The van der Waals surface area contributed by atoms with Crippen molar-refractivity contribution in [2.75, 3.05) is 165 Å². The van der Waals surface area contributed by atoms with Crippen LogP contribution in [0.4, 0.5) is 0 Å². The Labute approximate surface area is 312 Å². The smallest absolute Gasteiger partial charge is 0.329 e. The second-order valence-electron chi connectivity index (χ2n) is 11.4. The molecule has 0 saturated carbocycles. The topological polar surface area (TPSA) is 177 Å². The Morgan fingerprint density at radius 3 is 0.981 bits per heavy atom. The Hall–Kier alpha value is -1.54. The molecular weight excluding hydrogens is 686 g/mol. The number of hydrogen-bond acceptors (Lipinski definition) is 14. The number of carbonyl (C=O) groups excluding carboxylic acids is 1. The molecule has 1 amide bonds. The number of rotatable bonds is 46. The van der Waals surface area contributed by atoms with Gasteiger partial charge in [0.15, 0.2) is 0 Å². The summed E-state index contributed by atoms with van der Waals surface area (Å²) >= 11 is 0. The SMILES string of the molecule is CCCCCCCCCCOCCOCCOCCOCCOCCOCCOCCOCCOCCOCCOCCNC(=O)COCC(=O)O. The summed E-state index contributed by atoms with van der Waals surface area (Å²) in [5.41, 5.74) is 0. The number of carbonyl (C=O) groups is 2. The quantitative estimate of drug-likeness (QED) is 0.0866. The summed E-state index contributed by atoms with van der Waals surface area (Å²) in [7, 11) is 0. The molecule has 52 heavy (non-hydrogen) atoms. The normalized spacial score (nSPS) is 11.4. The lowest BCUT2D eigenvalue weighted by atomic mass is 10.1. The lowest BCUT2D eigenvalue weighted by molar-refractivity contribution is -0.143. The predicted molar refractivity (Wildman–Crippen MR) is 193 cm³/mol. The number of unbranched alkanes of at least 4 members (excludes halogenated alkanes) is 7. The average Bonchev–Trinajstić information content (AvgIpc) is 3.13. The summed E-state index contributed by atoms with van der Waals surface area (Å²) in [6.07, 6.45) is 10.5. The molecule has 0 atom stereocenters. The van der Waals surface area contributed by atoms with Crippen molar-refractivity contribution in [1.29, 1.82) is 0 Å². The number of hydrogen-bond donors (Lipinski definition) is 2. The van der Waals surface area contributed by atoms with Gasteiger partial charge < -0.3 is 67.3 Å². The average molecular weight is 758 g/mol. The molecule has 0 aliphatic carbocycles. The molecule has 0 rings (SSSR count). The molecule has 0 spiro atoms. The molecule has 16 nitrogen and oxygen atoms in total. The molecule has 0 bridgehead atoms. The third-order valence-corrected chi connectivity index (χ3v) is 6.89. The van der Waals surface area contributed by atoms with E-state index in [0.717, 1.165) is 13.0 Å². The maximum Gasteiger partial charge on any atom is 0.329 e. The fourth-order valence-corrected chi connectivity index (χ4v) is 4.18. The first-order chi connectivity index (χ1) is 25.7. The Morgan fingerprint density at radius 2 is 0.654 bits per heavy atom. The molecule has 0 heterocycles. The molecule has 16 heteroatoms. The van der Waals surface area contributed by atoms with Crippen LogP contribution in [0.15, 0.2) is 0 Å². The maximum atomic E-state index is 11.4. The van der Waals surface area contributed by atoms with Crippen LogP contribution in [0.2, 0.25) is 0 Å². The van der Waals surface area contributed by atoms with Crippen LogP contribution < -0.4 is 5.32 Å². The Balaban J connectivity index is 3.08. The van der Waals surface area contributed by atoms with Gasteiger partial charge >= 0.3 is 5.97 Å². The van der Waals surface area contributed by atoms with Crippen LogP contribution in [0.1, 0.15) is 58.3 Å². The van der Waals surface area contributed by atoms with Crippen LogP contribution in [-0.2, 0) is 66.4 Å². The van der Waals surface area contributed by atoms with Crippen LogP contribution in [0.5, 0.6) is 0 Å². The Bertz CT molecular complexity index is 723. The van der Waals surface area contributed by atoms with Crippen molar-refractivity contribution in [2.24, 2.45) is 0 Å². The summed E-state index contributed by atoms with van der Waals surface area (Å²) in [5, 5.41) is 11.0.